The van der Waals surface area contributed by atoms with Crippen LogP contribution in [0.5, 0.6) is 0 Å². The summed E-state index contributed by atoms with van der Waals surface area (Å²) in [6, 6.07) is 23.1. The molecule has 2 aliphatic heterocycles. The van der Waals surface area contributed by atoms with Crippen molar-refractivity contribution in [1.29, 1.82) is 0 Å². The van der Waals surface area contributed by atoms with Crippen molar-refractivity contribution in [2.24, 2.45) is 0 Å². The Balaban J connectivity index is 1.24. The van der Waals surface area contributed by atoms with Gasteiger partial charge in [-0.05, 0) is 79.4 Å². The Morgan fingerprint density at radius 1 is 1.05 bits per heavy atom. The fraction of sp³-hybridized carbons (Fsp3) is 0.290. The van der Waals surface area contributed by atoms with E-state index in [2.05, 4.69) is 31.5 Å². The monoisotopic (exact) mass is 588 g/mol. The van der Waals surface area contributed by atoms with Gasteiger partial charge in [0, 0.05) is 28.8 Å². The van der Waals surface area contributed by atoms with Crippen LogP contribution >= 0.6 is 15.9 Å². The molecule has 3 aromatic carbocycles. The third kappa shape index (κ3) is 7.15. The highest BCUT2D eigenvalue weighted by molar-refractivity contribution is 9.10. The molecule has 0 radical (unpaired) electrons. The highest BCUT2D eigenvalue weighted by Gasteiger charge is 2.38. The third-order valence-electron chi connectivity index (χ3n) is 7.36. The number of anilines is 3. The zero-order valence-electron chi connectivity index (χ0n) is 21.7. The fourth-order valence-electron chi connectivity index (χ4n) is 5.26. The van der Waals surface area contributed by atoms with Crippen LogP contribution < -0.4 is 16.4 Å². The van der Waals surface area contributed by atoms with Gasteiger partial charge in [-0.3, -0.25) is 14.5 Å². The van der Waals surface area contributed by atoms with E-state index >= 15 is 0 Å². The molecule has 4 N–H and O–H groups in total. The fourth-order valence-corrected chi connectivity index (χ4v) is 5.52. The second-order valence-electron chi connectivity index (χ2n) is 10.1. The molecule has 202 valence electrons. The lowest BCUT2D eigenvalue weighted by Crippen LogP contribution is -2.37. The average Bonchev–Trinajstić information content (AvgIpc) is 3.57. The van der Waals surface area contributed by atoms with E-state index in [0.717, 1.165) is 60.2 Å². The van der Waals surface area contributed by atoms with E-state index in [4.69, 9.17) is 10.5 Å². The first-order chi connectivity index (χ1) is 18.9. The predicted octanol–water partition coefficient (Wildman–Crippen LogP) is 5.66. The minimum Gasteiger partial charge on any atom is -0.397 e. The van der Waals surface area contributed by atoms with Crippen LogP contribution in [-0.2, 0) is 14.3 Å². The van der Waals surface area contributed by atoms with Crippen molar-refractivity contribution in [1.82, 2.24) is 4.90 Å². The van der Waals surface area contributed by atoms with E-state index in [1.165, 1.54) is 6.08 Å². The number of hydrogen-bond donors (Lipinski definition) is 3. The largest absolute Gasteiger partial charge is 0.397 e. The van der Waals surface area contributed by atoms with Crippen LogP contribution in [0.25, 0.3) is 6.08 Å². The maximum atomic E-state index is 13.4. The molecule has 39 heavy (non-hydrogen) atoms. The predicted molar refractivity (Wildman–Crippen MR) is 159 cm³/mol. The molecule has 3 aromatic rings. The van der Waals surface area contributed by atoms with Gasteiger partial charge in [-0.2, -0.15) is 0 Å². The first-order valence-electron chi connectivity index (χ1n) is 13.3. The van der Waals surface area contributed by atoms with Gasteiger partial charge in [-0.15, -0.1) is 0 Å². The maximum Gasteiger partial charge on any atom is 0.248 e. The molecular formula is C31H33BrN4O3. The SMILES string of the molecule is Nc1ccccc1NC(=O)C=Cc1ccc(C(CCCN2CC3CC2CO3)C(=O)Nc2ccc(Br)cc2)cc1. The molecule has 0 aliphatic carbocycles. The van der Waals surface area contributed by atoms with Gasteiger partial charge in [0.05, 0.1) is 30.0 Å². The summed E-state index contributed by atoms with van der Waals surface area (Å²) in [6.45, 7) is 2.78. The number of nitrogens with two attached hydrogens (primary N) is 1. The van der Waals surface area contributed by atoms with Crippen LogP contribution in [0, 0.1) is 0 Å². The number of carbonyl (C=O) groups is 2. The number of hydrogen-bond acceptors (Lipinski definition) is 5. The van der Waals surface area contributed by atoms with Gasteiger partial charge in [0.25, 0.3) is 0 Å². The van der Waals surface area contributed by atoms with Crippen molar-refractivity contribution in [3.63, 3.8) is 0 Å². The quantitative estimate of drug-likeness (QED) is 0.210. The van der Waals surface area contributed by atoms with Crippen molar-refractivity contribution >= 4 is 50.9 Å². The van der Waals surface area contributed by atoms with Gasteiger partial charge < -0.3 is 21.1 Å². The molecule has 2 saturated heterocycles. The van der Waals surface area contributed by atoms with Gasteiger partial charge in [0.2, 0.25) is 11.8 Å². The second-order valence-corrected chi connectivity index (χ2v) is 11.0. The topological polar surface area (TPSA) is 96.7 Å². The minimum atomic E-state index is -0.285. The summed E-state index contributed by atoms with van der Waals surface area (Å²) in [5, 5.41) is 5.87. The summed E-state index contributed by atoms with van der Waals surface area (Å²) in [7, 11) is 0. The molecule has 3 unspecified atom stereocenters. The number of halogens is 1. The van der Waals surface area contributed by atoms with Crippen LogP contribution in [0.3, 0.4) is 0 Å². The molecule has 2 bridgehead atoms. The summed E-state index contributed by atoms with van der Waals surface area (Å²) in [5.41, 5.74) is 9.59. The zero-order valence-corrected chi connectivity index (χ0v) is 23.3. The van der Waals surface area contributed by atoms with Crippen molar-refractivity contribution < 1.29 is 14.3 Å². The van der Waals surface area contributed by atoms with Gasteiger partial charge in [-0.25, -0.2) is 0 Å². The van der Waals surface area contributed by atoms with Crippen LogP contribution in [0.4, 0.5) is 17.1 Å². The van der Waals surface area contributed by atoms with Gasteiger partial charge in [-0.1, -0.05) is 52.3 Å². The second kappa shape index (κ2) is 12.6. The molecule has 5 rings (SSSR count). The van der Waals surface area contributed by atoms with Crippen molar-refractivity contribution in [2.75, 3.05) is 36.1 Å². The number of para-hydroxylation sites is 2. The molecule has 2 amide bonds. The van der Waals surface area contributed by atoms with Crippen LogP contribution in [0.15, 0.2) is 83.3 Å². The zero-order chi connectivity index (χ0) is 27.2. The number of ether oxygens (including phenoxy) is 1. The molecule has 0 aromatic heterocycles. The number of nitrogens with zero attached hydrogens (tertiary/aromatic N) is 1. The van der Waals surface area contributed by atoms with Crippen LogP contribution in [0.1, 0.15) is 36.3 Å². The molecule has 0 spiro atoms. The summed E-state index contributed by atoms with van der Waals surface area (Å²) in [5.74, 6) is -0.566. The van der Waals surface area contributed by atoms with E-state index < -0.39 is 0 Å². The number of morpholine rings is 1. The van der Waals surface area contributed by atoms with Crippen LogP contribution in [0.2, 0.25) is 0 Å². The van der Waals surface area contributed by atoms with E-state index in [-0.39, 0.29) is 17.7 Å². The number of benzene rings is 3. The molecule has 2 aliphatic rings. The lowest BCUT2D eigenvalue weighted by molar-refractivity contribution is -0.117. The lowest BCUT2D eigenvalue weighted by Gasteiger charge is -2.27. The summed E-state index contributed by atoms with van der Waals surface area (Å²) >= 11 is 3.44. The molecule has 8 heteroatoms. The number of rotatable bonds is 10. The van der Waals surface area contributed by atoms with Gasteiger partial charge >= 0.3 is 0 Å². The standard InChI is InChI=1S/C31H33BrN4O3/c32-23-12-14-24(15-13-23)34-31(38)27(4-3-17-36-19-26-18-25(36)20-39-26)22-10-7-21(8-11-22)9-16-30(37)35-29-6-2-1-5-28(29)33/h1-2,5-16,25-27H,3-4,17-20,33H2,(H,34,38)(H,35,37). The Morgan fingerprint density at radius 3 is 2.51 bits per heavy atom. The van der Waals surface area contributed by atoms with Crippen molar-refractivity contribution in [3.8, 4) is 0 Å². The molecule has 7 nitrogen and oxygen atoms in total. The number of carbonyl (C=O) groups excluding carboxylic acids is 2. The van der Waals surface area contributed by atoms with Crippen molar-refractivity contribution in [3.05, 3.63) is 94.5 Å². The number of nitrogens with one attached hydrogen (secondary N) is 2. The van der Waals surface area contributed by atoms with Crippen LogP contribution in [-0.4, -0.2) is 48.6 Å². The average molecular weight is 590 g/mol. The molecule has 2 fully saturated rings. The summed E-state index contributed by atoms with van der Waals surface area (Å²) in [6.07, 6.45) is 6.39. The first kappa shape index (κ1) is 27.1. The Labute approximate surface area is 237 Å². The number of likely N-dealkylation sites (tertiary alicyclic amines) is 1. The number of nitrogen functional groups attached to an aromatic ring is 1. The number of fused-ring (bicyclic) bond motifs is 2. The Kier molecular flexibility index (Phi) is 8.76. The molecule has 0 saturated carbocycles. The molecular weight excluding hydrogens is 556 g/mol. The van der Waals surface area contributed by atoms with E-state index in [0.29, 0.717) is 23.5 Å². The first-order valence-corrected chi connectivity index (χ1v) is 14.1. The highest BCUT2D eigenvalue weighted by atomic mass is 79.9. The molecule has 2 heterocycles. The highest BCUT2D eigenvalue weighted by Crippen LogP contribution is 2.30. The number of amides is 2. The van der Waals surface area contributed by atoms with Gasteiger partial charge in [0.15, 0.2) is 0 Å². The maximum absolute atomic E-state index is 13.4. The third-order valence-corrected chi connectivity index (χ3v) is 7.89. The smallest absolute Gasteiger partial charge is 0.248 e. The Morgan fingerprint density at radius 2 is 1.82 bits per heavy atom. The Hall–Kier alpha value is -3.46. The van der Waals surface area contributed by atoms with E-state index in [1.54, 1.807) is 18.2 Å². The van der Waals surface area contributed by atoms with E-state index in [1.807, 2.05) is 60.7 Å². The minimum absolute atomic E-state index is 0.0216. The Bertz CT molecular complexity index is 1330. The summed E-state index contributed by atoms with van der Waals surface area (Å²) in [4.78, 5) is 28.3. The normalized spacial score (nSPS) is 19.3. The summed E-state index contributed by atoms with van der Waals surface area (Å²) < 4.78 is 6.69. The lowest BCUT2D eigenvalue weighted by atomic mass is 9.92. The van der Waals surface area contributed by atoms with E-state index in [9.17, 15) is 9.59 Å². The molecule has 3 atom stereocenters. The van der Waals surface area contributed by atoms with Gasteiger partial charge in [0.1, 0.15) is 0 Å². The van der Waals surface area contributed by atoms with Crippen molar-refractivity contribution in [2.45, 2.75) is 37.3 Å².